The Balaban J connectivity index is 1.60. The number of rotatable bonds is 4. The van der Waals surface area contributed by atoms with Crippen LogP contribution in [0.2, 0.25) is 0 Å². The van der Waals surface area contributed by atoms with Crippen LogP contribution in [-0.2, 0) is 0 Å². The summed E-state index contributed by atoms with van der Waals surface area (Å²) < 4.78 is 0. The highest BCUT2D eigenvalue weighted by Gasteiger charge is 2.23. The van der Waals surface area contributed by atoms with E-state index in [1.807, 2.05) is 6.07 Å². The number of imidazole rings is 1. The number of hydrogen-bond acceptors (Lipinski definition) is 3. The maximum absolute atomic E-state index is 12.1. The van der Waals surface area contributed by atoms with Gasteiger partial charge >= 0.3 is 0 Å². The van der Waals surface area contributed by atoms with E-state index in [2.05, 4.69) is 15.3 Å². The predicted molar refractivity (Wildman–Crippen MR) is 76.4 cm³/mol. The number of aliphatic hydroxyl groups is 1. The molecule has 1 heterocycles. The number of aromatic amines is 1. The first-order chi connectivity index (χ1) is 9.74. The molecule has 1 aromatic carbocycles. The molecule has 106 valence electrons. The van der Waals surface area contributed by atoms with Crippen LogP contribution in [0.25, 0.3) is 11.0 Å². The minimum absolute atomic E-state index is 0.154. The monoisotopic (exact) mass is 273 g/mol. The highest BCUT2D eigenvalue weighted by atomic mass is 16.3. The lowest BCUT2D eigenvalue weighted by Gasteiger charge is -2.18. The molecule has 0 bridgehead atoms. The highest BCUT2D eigenvalue weighted by molar-refractivity contribution is 5.97. The fourth-order valence-electron chi connectivity index (χ4n) is 2.88. The Morgan fingerprint density at radius 2 is 2.25 bits per heavy atom. The Labute approximate surface area is 117 Å². The van der Waals surface area contributed by atoms with Gasteiger partial charge in [-0.25, -0.2) is 4.98 Å². The van der Waals surface area contributed by atoms with Crippen LogP contribution < -0.4 is 5.32 Å². The molecular weight excluding hydrogens is 254 g/mol. The van der Waals surface area contributed by atoms with E-state index >= 15 is 0 Å². The van der Waals surface area contributed by atoms with E-state index in [4.69, 9.17) is 0 Å². The third-order valence-corrected chi connectivity index (χ3v) is 4.10. The van der Waals surface area contributed by atoms with Gasteiger partial charge in [-0.2, -0.15) is 0 Å². The summed E-state index contributed by atoms with van der Waals surface area (Å²) in [6.45, 7) is 0.324. The van der Waals surface area contributed by atoms with Crippen LogP contribution in [0.3, 0.4) is 0 Å². The molecule has 20 heavy (non-hydrogen) atoms. The zero-order chi connectivity index (χ0) is 13.9. The molecule has 0 saturated heterocycles. The third-order valence-electron chi connectivity index (χ3n) is 4.10. The van der Waals surface area contributed by atoms with E-state index in [1.165, 1.54) is 12.8 Å². The maximum Gasteiger partial charge on any atom is 0.251 e. The Morgan fingerprint density at radius 1 is 1.45 bits per heavy atom. The van der Waals surface area contributed by atoms with Crippen molar-refractivity contribution in [3.63, 3.8) is 0 Å². The number of carbonyl (C=O) groups is 1. The number of amides is 1. The molecule has 1 saturated carbocycles. The van der Waals surface area contributed by atoms with Gasteiger partial charge in [0.25, 0.3) is 5.91 Å². The quantitative estimate of drug-likeness (QED) is 0.795. The fraction of sp³-hybridized carbons (Fsp3) is 0.467. The molecule has 1 aromatic heterocycles. The summed E-state index contributed by atoms with van der Waals surface area (Å²) in [5.41, 5.74) is 2.27. The summed E-state index contributed by atoms with van der Waals surface area (Å²) >= 11 is 0. The van der Waals surface area contributed by atoms with Gasteiger partial charge in [-0.05, 0) is 37.0 Å². The summed E-state index contributed by atoms with van der Waals surface area (Å²) in [7, 11) is 0. The molecule has 0 radical (unpaired) electrons. The van der Waals surface area contributed by atoms with Gasteiger partial charge in [0.1, 0.15) is 0 Å². The lowest BCUT2D eigenvalue weighted by molar-refractivity contribution is 0.0840. The molecule has 0 spiro atoms. The van der Waals surface area contributed by atoms with Crippen molar-refractivity contribution >= 4 is 16.9 Å². The van der Waals surface area contributed by atoms with Crippen molar-refractivity contribution in [1.82, 2.24) is 15.3 Å². The van der Waals surface area contributed by atoms with E-state index in [9.17, 15) is 9.90 Å². The minimum atomic E-state index is -0.433. The molecule has 1 unspecified atom stereocenters. The molecule has 2 aromatic rings. The van der Waals surface area contributed by atoms with Crippen molar-refractivity contribution in [2.45, 2.75) is 31.8 Å². The molecule has 1 atom stereocenters. The molecule has 5 nitrogen and oxygen atoms in total. The summed E-state index contributed by atoms with van der Waals surface area (Å²) in [6, 6.07) is 5.34. The zero-order valence-corrected chi connectivity index (χ0v) is 11.3. The standard InChI is InChI=1S/C15H19N3O2/c19-14(10-3-1-2-4-10)8-16-15(20)11-5-6-12-13(7-11)18-9-17-12/h5-7,9-10,14,19H,1-4,8H2,(H,16,20)(H,17,18). The molecule has 3 N–H and O–H groups in total. The topological polar surface area (TPSA) is 78.0 Å². The van der Waals surface area contributed by atoms with E-state index in [1.54, 1.807) is 18.5 Å². The number of H-pyrrole nitrogens is 1. The summed E-state index contributed by atoms with van der Waals surface area (Å²) in [4.78, 5) is 19.2. The molecule has 0 aliphatic heterocycles. The van der Waals surface area contributed by atoms with Crippen molar-refractivity contribution in [3.05, 3.63) is 30.1 Å². The van der Waals surface area contributed by atoms with Crippen LogP contribution in [0, 0.1) is 5.92 Å². The summed E-state index contributed by atoms with van der Waals surface area (Å²) in [5.74, 6) is 0.184. The number of carbonyl (C=O) groups excluding carboxylic acids is 1. The van der Waals surface area contributed by atoms with E-state index < -0.39 is 6.10 Å². The Kier molecular flexibility index (Phi) is 3.69. The van der Waals surface area contributed by atoms with Crippen LogP contribution in [0.15, 0.2) is 24.5 Å². The number of benzene rings is 1. The number of aliphatic hydroxyl groups excluding tert-OH is 1. The first-order valence-corrected chi connectivity index (χ1v) is 7.13. The Bertz CT molecular complexity index is 602. The van der Waals surface area contributed by atoms with Crippen LogP contribution >= 0.6 is 0 Å². The zero-order valence-electron chi connectivity index (χ0n) is 11.3. The maximum atomic E-state index is 12.1. The first kappa shape index (κ1) is 13.1. The van der Waals surface area contributed by atoms with Crippen LogP contribution in [0.4, 0.5) is 0 Å². The Hall–Kier alpha value is -1.88. The number of aromatic nitrogens is 2. The van der Waals surface area contributed by atoms with Crippen LogP contribution in [0.5, 0.6) is 0 Å². The van der Waals surface area contributed by atoms with Crippen LogP contribution in [-0.4, -0.2) is 33.6 Å². The van der Waals surface area contributed by atoms with Crippen molar-refractivity contribution in [2.24, 2.45) is 5.92 Å². The highest BCUT2D eigenvalue weighted by Crippen LogP contribution is 2.27. The van der Waals surface area contributed by atoms with Crippen molar-refractivity contribution < 1.29 is 9.90 Å². The second-order valence-electron chi connectivity index (χ2n) is 5.46. The van der Waals surface area contributed by atoms with Crippen molar-refractivity contribution in [1.29, 1.82) is 0 Å². The second-order valence-corrected chi connectivity index (χ2v) is 5.46. The van der Waals surface area contributed by atoms with Gasteiger partial charge in [-0.1, -0.05) is 12.8 Å². The molecule has 5 heteroatoms. The lowest BCUT2D eigenvalue weighted by Crippen LogP contribution is -2.35. The SMILES string of the molecule is O=C(NCC(O)C1CCCC1)c1ccc2nc[nH]c2c1. The third kappa shape index (κ3) is 2.67. The largest absolute Gasteiger partial charge is 0.391 e. The molecular formula is C15H19N3O2. The molecule has 3 rings (SSSR count). The molecule has 1 aliphatic rings. The van der Waals surface area contributed by atoms with Crippen molar-refractivity contribution in [2.75, 3.05) is 6.54 Å². The van der Waals surface area contributed by atoms with Gasteiger partial charge < -0.3 is 15.4 Å². The molecule has 1 aliphatic carbocycles. The summed E-state index contributed by atoms with van der Waals surface area (Å²) in [6.07, 6.45) is 5.68. The van der Waals surface area contributed by atoms with Gasteiger partial charge in [0, 0.05) is 12.1 Å². The molecule has 1 fully saturated rings. The average molecular weight is 273 g/mol. The molecule has 1 amide bonds. The van der Waals surface area contributed by atoms with E-state index in [0.717, 1.165) is 23.9 Å². The van der Waals surface area contributed by atoms with Gasteiger partial charge in [0.15, 0.2) is 0 Å². The number of nitrogens with zero attached hydrogens (tertiary/aromatic N) is 1. The van der Waals surface area contributed by atoms with Crippen molar-refractivity contribution in [3.8, 4) is 0 Å². The van der Waals surface area contributed by atoms with Crippen LogP contribution in [0.1, 0.15) is 36.0 Å². The first-order valence-electron chi connectivity index (χ1n) is 7.13. The minimum Gasteiger partial charge on any atom is -0.391 e. The summed E-state index contributed by atoms with van der Waals surface area (Å²) in [5, 5.41) is 12.9. The van der Waals surface area contributed by atoms with Gasteiger partial charge in [0.05, 0.1) is 23.5 Å². The number of hydrogen-bond donors (Lipinski definition) is 3. The lowest BCUT2D eigenvalue weighted by atomic mass is 10.0. The van der Waals surface area contributed by atoms with Gasteiger partial charge in [-0.15, -0.1) is 0 Å². The normalized spacial score (nSPS) is 17.4. The van der Waals surface area contributed by atoms with Gasteiger partial charge in [0.2, 0.25) is 0 Å². The van der Waals surface area contributed by atoms with E-state index in [-0.39, 0.29) is 5.91 Å². The van der Waals surface area contributed by atoms with Gasteiger partial charge in [-0.3, -0.25) is 4.79 Å². The Morgan fingerprint density at radius 3 is 3.05 bits per heavy atom. The number of nitrogens with one attached hydrogen (secondary N) is 2. The fourth-order valence-corrected chi connectivity index (χ4v) is 2.88. The average Bonchev–Trinajstić information content (AvgIpc) is 3.13. The number of fused-ring (bicyclic) bond motifs is 1. The van der Waals surface area contributed by atoms with E-state index in [0.29, 0.717) is 18.0 Å². The second kappa shape index (κ2) is 5.63. The predicted octanol–water partition coefficient (Wildman–Crippen LogP) is 1.84. The smallest absolute Gasteiger partial charge is 0.251 e.